The minimum Gasteiger partial charge on any atom is -0.372 e. The molecule has 3 aromatic carbocycles. The Morgan fingerprint density at radius 3 is 2.28 bits per heavy atom. The summed E-state index contributed by atoms with van der Waals surface area (Å²) in [6, 6.07) is 26.7. The molecule has 0 aromatic heterocycles. The highest BCUT2D eigenvalue weighted by Gasteiger charge is 2.13. The van der Waals surface area contributed by atoms with Crippen molar-refractivity contribution in [1.82, 2.24) is 5.32 Å². The molecule has 4 rings (SSSR count). The van der Waals surface area contributed by atoms with Gasteiger partial charge < -0.3 is 10.2 Å². The molecule has 1 aliphatic heterocycles. The van der Waals surface area contributed by atoms with Gasteiger partial charge >= 0.3 is 0 Å². The summed E-state index contributed by atoms with van der Waals surface area (Å²) in [6.07, 6.45) is 2.55. The summed E-state index contributed by atoms with van der Waals surface area (Å²) in [7, 11) is 0. The highest BCUT2D eigenvalue weighted by Crippen LogP contribution is 2.26. The summed E-state index contributed by atoms with van der Waals surface area (Å²) in [4.78, 5) is 16.2. The SMILES string of the molecule is O=C(NCc1ccc(N2CCCC2)cc1)c1ccccc1SCc1ccccc1. The molecule has 0 bridgehead atoms. The monoisotopic (exact) mass is 402 g/mol. The number of amides is 1. The van der Waals surface area contributed by atoms with Crippen LogP contribution in [0.5, 0.6) is 0 Å². The summed E-state index contributed by atoms with van der Waals surface area (Å²) in [5, 5.41) is 3.08. The molecule has 1 amide bonds. The van der Waals surface area contributed by atoms with Crippen molar-refractivity contribution < 1.29 is 4.79 Å². The van der Waals surface area contributed by atoms with Crippen LogP contribution in [0.15, 0.2) is 83.8 Å². The summed E-state index contributed by atoms with van der Waals surface area (Å²) < 4.78 is 0. The lowest BCUT2D eigenvalue weighted by molar-refractivity contribution is 0.0948. The number of hydrogen-bond donors (Lipinski definition) is 1. The molecule has 29 heavy (non-hydrogen) atoms. The number of carbonyl (C=O) groups is 1. The lowest BCUT2D eigenvalue weighted by Crippen LogP contribution is -2.23. The maximum Gasteiger partial charge on any atom is 0.252 e. The van der Waals surface area contributed by atoms with E-state index in [1.165, 1.54) is 24.1 Å². The van der Waals surface area contributed by atoms with Crippen LogP contribution < -0.4 is 10.2 Å². The first-order valence-corrected chi connectivity index (χ1v) is 11.2. The third kappa shape index (κ3) is 5.21. The normalized spacial score (nSPS) is 13.4. The summed E-state index contributed by atoms with van der Waals surface area (Å²) in [5.74, 6) is 0.827. The van der Waals surface area contributed by atoms with Gasteiger partial charge in [-0.05, 0) is 48.2 Å². The van der Waals surface area contributed by atoms with Crippen LogP contribution in [0.2, 0.25) is 0 Å². The number of benzene rings is 3. The Morgan fingerprint density at radius 1 is 0.828 bits per heavy atom. The van der Waals surface area contributed by atoms with Crippen LogP contribution >= 0.6 is 11.8 Å². The molecule has 1 heterocycles. The van der Waals surface area contributed by atoms with Gasteiger partial charge in [0.2, 0.25) is 0 Å². The molecule has 3 aromatic rings. The predicted octanol–water partition coefficient (Wildman–Crippen LogP) is 5.51. The van der Waals surface area contributed by atoms with Gasteiger partial charge in [-0.2, -0.15) is 0 Å². The Hall–Kier alpha value is -2.72. The van der Waals surface area contributed by atoms with Crippen molar-refractivity contribution in [3.63, 3.8) is 0 Å². The van der Waals surface area contributed by atoms with Crippen molar-refractivity contribution in [2.24, 2.45) is 0 Å². The average Bonchev–Trinajstić information content (AvgIpc) is 3.32. The number of rotatable bonds is 7. The smallest absolute Gasteiger partial charge is 0.252 e. The number of anilines is 1. The van der Waals surface area contributed by atoms with Gasteiger partial charge in [0, 0.05) is 36.0 Å². The van der Waals surface area contributed by atoms with Crippen molar-refractivity contribution in [3.8, 4) is 0 Å². The van der Waals surface area contributed by atoms with E-state index >= 15 is 0 Å². The maximum absolute atomic E-state index is 12.8. The number of thioether (sulfide) groups is 1. The van der Waals surface area contributed by atoms with E-state index in [0.717, 1.165) is 34.9 Å². The first-order valence-electron chi connectivity index (χ1n) is 10.2. The fraction of sp³-hybridized carbons (Fsp3) is 0.240. The Kier molecular flexibility index (Phi) is 6.52. The molecule has 0 aliphatic carbocycles. The van der Waals surface area contributed by atoms with Gasteiger partial charge in [0.25, 0.3) is 5.91 Å². The molecule has 148 valence electrons. The average molecular weight is 403 g/mol. The van der Waals surface area contributed by atoms with Crippen molar-refractivity contribution >= 4 is 23.4 Å². The fourth-order valence-corrected chi connectivity index (χ4v) is 4.60. The van der Waals surface area contributed by atoms with Crippen LogP contribution in [0, 0.1) is 0 Å². The van der Waals surface area contributed by atoms with Gasteiger partial charge in [0.05, 0.1) is 5.56 Å². The summed E-state index contributed by atoms with van der Waals surface area (Å²) in [5.41, 5.74) is 4.39. The second kappa shape index (κ2) is 9.66. The number of carbonyl (C=O) groups excluding carboxylic acids is 1. The first kappa shape index (κ1) is 19.6. The van der Waals surface area contributed by atoms with Gasteiger partial charge in [-0.15, -0.1) is 11.8 Å². The summed E-state index contributed by atoms with van der Waals surface area (Å²) >= 11 is 1.70. The lowest BCUT2D eigenvalue weighted by Gasteiger charge is -2.17. The molecule has 0 saturated carbocycles. The molecular formula is C25H26N2OS. The van der Waals surface area contributed by atoms with E-state index in [4.69, 9.17) is 0 Å². The van der Waals surface area contributed by atoms with Gasteiger partial charge in [0.15, 0.2) is 0 Å². The molecule has 0 spiro atoms. The van der Waals surface area contributed by atoms with Crippen molar-refractivity contribution in [2.45, 2.75) is 30.0 Å². The van der Waals surface area contributed by atoms with Crippen LogP contribution in [0.3, 0.4) is 0 Å². The maximum atomic E-state index is 12.8. The lowest BCUT2D eigenvalue weighted by atomic mass is 10.1. The van der Waals surface area contributed by atoms with E-state index in [2.05, 4.69) is 46.6 Å². The standard InChI is InChI=1S/C25H26N2OS/c28-25(26-18-20-12-14-22(15-13-20)27-16-6-7-17-27)23-10-4-5-11-24(23)29-19-21-8-2-1-3-9-21/h1-5,8-15H,6-7,16-19H2,(H,26,28). The molecule has 1 aliphatic rings. The quantitative estimate of drug-likeness (QED) is 0.529. The highest BCUT2D eigenvalue weighted by molar-refractivity contribution is 7.98. The predicted molar refractivity (Wildman–Crippen MR) is 122 cm³/mol. The van der Waals surface area contributed by atoms with Crippen LogP contribution in [0.25, 0.3) is 0 Å². The summed E-state index contributed by atoms with van der Waals surface area (Å²) in [6.45, 7) is 2.83. The van der Waals surface area contributed by atoms with Crippen LogP contribution in [0.1, 0.15) is 34.3 Å². The third-order valence-corrected chi connectivity index (χ3v) is 6.37. The Labute approximate surface area is 177 Å². The van der Waals surface area contributed by atoms with Gasteiger partial charge in [0.1, 0.15) is 0 Å². The topological polar surface area (TPSA) is 32.3 Å². The molecule has 1 saturated heterocycles. The molecule has 0 radical (unpaired) electrons. The van der Waals surface area contributed by atoms with E-state index in [1.807, 2.05) is 42.5 Å². The molecule has 0 unspecified atom stereocenters. The van der Waals surface area contributed by atoms with E-state index in [1.54, 1.807) is 11.8 Å². The van der Waals surface area contributed by atoms with Crippen LogP contribution in [-0.4, -0.2) is 19.0 Å². The second-order valence-electron chi connectivity index (χ2n) is 7.31. The van der Waals surface area contributed by atoms with Gasteiger partial charge in [-0.25, -0.2) is 0 Å². The Bertz CT molecular complexity index is 935. The van der Waals surface area contributed by atoms with E-state index < -0.39 is 0 Å². The van der Waals surface area contributed by atoms with Gasteiger partial charge in [-0.1, -0.05) is 54.6 Å². The number of nitrogens with zero attached hydrogens (tertiary/aromatic N) is 1. The minimum absolute atomic E-state index is 0.0234. The van der Waals surface area contributed by atoms with Crippen LogP contribution in [-0.2, 0) is 12.3 Å². The molecule has 4 heteroatoms. The van der Waals surface area contributed by atoms with Crippen molar-refractivity contribution in [3.05, 3.63) is 95.6 Å². The number of nitrogens with one attached hydrogen (secondary N) is 1. The molecule has 3 nitrogen and oxygen atoms in total. The second-order valence-corrected chi connectivity index (χ2v) is 8.33. The largest absolute Gasteiger partial charge is 0.372 e. The molecular weight excluding hydrogens is 376 g/mol. The zero-order valence-electron chi connectivity index (χ0n) is 16.5. The fourth-order valence-electron chi connectivity index (χ4n) is 3.59. The first-order chi connectivity index (χ1) is 14.3. The highest BCUT2D eigenvalue weighted by atomic mass is 32.2. The van der Waals surface area contributed by atoms with Gasteiger partial charge in [-0.3, -0.25) is 4.79 Å². The molecule has 1 fully saturated rings. The zero-order chi connectivity index (χ0) is 19.9. The Morgan fingerprint density at radius 2 is 1.52 bits per heavy atom. The van der Waals surface area contributed by atoms with E-state index in [9.17, 15) is 4.79 Å². The molecule has 1 N–H and O–H groups in total. The molecule has 0 atom stereocenters. The van der Waals surface area contributed by atoms with E-state index in [-0.39, 0.29) is 5.91 Å². The van der Waals surface area contributed by atoms with E-state index in [0.29, 0.717) is 6.54 Å². The third-order valence-electron chi connectivity index (χ3n) is 5.23. The van der Waals surface area contributed by atoms with Crippen molar-refractivity contribution in [1.29, 1.82) is 0 Å². The van der Waals surface area contributed by atoms with Crippen molar-refractivity contribution in [2.75, 3.05) is 18.0 Å². The zero-order valence-corrected chi connectivity index (χ0v) is 17.3. The Balaban J connectivity index is 1.36. The minimum atomic E-state index is -0.0234. The number of hydrogen-bond acceptors (Lipinski definition) is 3. The van der Waals surface area contributed by atoms with Crippen LogP contribution in [0.4, 0.5) is 5.69 Å².